The second kappa shape index (κ2) is 6.18. The van der Waals surface area contributed by atoms with Gasteiger partial charge in [0, 0.05) is 6.20 Å². The maximum absolute atomic E-state index is 8.50. The van der Waals surface area contributed by atoms with Crippen molar-refractivity contribution in [1.82, 2.24) is 5.01 Å². The van der Waals surface area contributed by atoms with Gasteiger partial charge in [0.25, 0.3) is 0 Å². The normalized spacial score (nSPS) is 26.1. The van der Waals surface area contributed by atoms with Crippen LogP contribution in [-0.4, -0.2) is 17.6 Å². The van der Waals surface area contributed by atoms with Crippen molar-refractivity contribution in [3.63, 3.8) is 0 Å². The third-order valence-corrected chi connectivity index (χ3v) is 2.76. The number of hydrogen-bond donors (Lipinski definition) is 0. The fraction of sp³-hybridized carbons (Fsp3) is 0.727. The van der Waals surface area contributed by atoms with Crippen molar-refractivity contribution in [3.05, 3.63) is 12.8 Å². The SMILES string of the molecule is C=CN(CC#N)N=NC1CCC(C)CC1. The number of nitriles is 1. The summed E-state index contributed by atoms with van der Waals surface area (Å²) in [5.41, 5.74) is 0. The molecule has 1 aliphatic rings. The van der Waals surface area contributed by atoms with Gasteiger partial charge in [0.2, 0.25) is 0 Å². The fourth-order valence-corrected chi connectivity index (χ4v) is 1.70. The highest BCUT2D eigenvalue weighted by molar-refractivity contribution is 4.80. The molecule has 1 saturated carbocycles. The molecule has 0 saturated heterocycles. The number of hydrogen-bond acceptors (Lipinski definition) is 3. The van der Waals surface area contributed by atoms with Crippen LogP contribution in [0.3, 0.4) is 0 Å². The summed E-state index contributed by atoms with van der Waals surface area (Å²) in [6.45, 7) is 6.07. The molecule has 0 aromatic carbocycles. The minimum Gasteiger partial charge on any atom is -0.241 e. The summed E-state index contributed by atoms with van der Waals surface area (Å²) < 4.78 is 0. The Morgan fingerprint density at radius 2 is 2.13 bits per heavy atom. The van der Waals surface area contributed by atoms with Crippen LogP contribution in [0.15, 0.2) is 23.1 Å². The minimum atomic E-state index is 0.218. The van der Waals surface area contributed by atoms with Gasteiger partial charge in [0.15, 0.2) is 0 Å². The first-order chi connectivity index (χ1) is 7.26. The van der Waals surface area contributed by atoms with Gasteiger partial charge in [0.05, 0.1) is 12.1 Å². The van der Waals surface area contributed by atoms with Crippen molar-refractivity contribution in [1.29, 1.82) is 5.26 Å². The van der Waals surface area contributed by atoms with E-state index in [9.17, 15) is 0 Å². The summed E-state index contributed by atoms with van der Waals surface area (Å²) in [5.74, 6) is 0.825. The van der Waals surface area contributed by atoms with Gasteiger partial charge in [-0.1, -0.05) is 18.7 Å². The van der Waals surface area contributed by atoms with Crippen molar-refractivity contribution in [2.24, 2.45) is 16.3 Å². The Labute approximate surface area is 91.3 Å². The molecule has 1 fully saturated rings. The van der Waals surface area contributed by atoms with E-state index in [1.165, 1.54) is 24.1 Å². The zero-order valence-corrected chi connectivity index (χ0v) is 9.26. The first-order valence-corrected chi connectivity index (χ1v) is 5.43. The highest BCUT2D eigenvalue weighted by atomic mass is 15.5. The standard InChI is InChI=1S/C11H18N4/c1-3-15(9-8-12)14-13-11-6-4-10(2)5-7-11/h3,10-11H,1,4-7,9H2,2H3. The van der Waals surface area contributed by atoms with Crippen molar-refractivity contribution in [2.75, 3.05) is 6.54 Å². The lowest BCUT2D eigenvalue weighted by atomic mass is 9.88. The third-order valence-electron chi connectivity index (χ3n) is 2.76. The van der Waals surface area contributed by atoms with Crippen LogP contribution in [0.1, 0.15) is 32.6 Å². The van der Waals surface area contributed by atoms with Gasteiger partial charge in [-0.25, -0.2) is 5.01 Å². The second-order valence-corrected chi connectivity index (χ2v) is 4.06. The largest absolute Gasteiger partial charge is 0.241 e. The van der Waals surface area contributed by atoms with E-state index in [1.54, 1.807) is 0 Å². The molecule has 1 aliphatic carbocycles. The first-order valence-electron chi connectivity index (χ1n) is 5.43. The second-order valence-electron chi connectivity index (χ2n) is 4.06. The summed E-state index contributed by atoms with van der Waals surface area (Å²) in [6.07, 6.45) is 6.22. The summed E-state index contributed by atoms with van der Waals surface area (Å²) in [4.78, 5) is 0. The van der Waals surface area contributed by atoms with E-state index in [0.29, 0.717) is 6.04 Å². The molecule has 0 radical (unpaired) electrons. The van der Waals surface area contributed by atoms with Crippen molar-refractivity contribution in [2.45, 2.75) is 38.6 Å². The van der Waals surface area contributed by atoms with Crippen LogP contribution in [0.5, 0.6) is 0 Å². The third kappa shape index (κ3) is 4.11. The van der Waals surface area contributed by atoms with Gasteiger partial charge in [0.1, 0.15) is 6.54 Å². The van der Waals surface area contributed by atoms with E-state index in [0.717, 1.165) is 18.8 Å². The van der Waals surface area contributed by atoms with Crippen LogP contribution in [0.2, 0.25) is 0 Å². The molecule has 0 spiro atoms. The van der Waals surface area contributed by atoms with Gasteiger partial charge in [-0.2, -0.15) is 10.4 Å². The van der Waals surface area contributed by atoms with E-state index in [4.69, 9.17) is 5.26 Å². The topological polar surface area (TPSA) is 51.8 Å². The quantitative estimate of drug-likeness (QED) is 0.403. The van der Waals surface area contributed by atoms with Gasteiger partial charge in [-0.3, -0.25) is 0 Å². The lowest BCUT2D eigenvalue weighted by Crippen LogP contribution is -2.16. The van der Waals surface area contributed by atoms with E-state index in [-0.39, 0.29) is 6.54 Å². The molecule has 0 heterocycles. The molecule has 0 unspecified atom stereocenters. The highest BCUT2D eigenvalue weighted by Gasteiger charge is 2.17. The van der Waals surface area contributed by atoms with Crippen LogP contribution in [0, 0.1) is 17.2 Å². The maximum atomic E-state index is 8.50. The Morgan fingerprint density at radius 1 is 1.47 bits per heavy atom. The number of rotatable bonds is 4. The molecule has 0 atom stereocenters. The van der Waals surface area contributed by atoms with E-state index in [2.05, 4.69) is 23.8 Å². The predicted molar refractivity (Wildman–Crippen MR) is 58.8 cm³/mol. The monoisotopic (exact) mass is 206 g/mol. The molecule has 82 valence electrons. The molecule has 0 aromatic heterocycles. The highest BCUT2D eigenvalue weighted by Crippen LogP contribution is 2.25. The fourth-order valence-electron chi connectivity index (χ4n) is 1.70. The average Bonchev–Trinajstić information content (AvgIpc) is 2.26. The Morgan fingerprint density at radius 3 is 2.67 bits per heavy atom. The average molecular weight is 206 g/mol. The Hall–Kier alpha value is -1.37. The molecular weight excluding hydrogens is 188 g/mol. The molecule has 4 nitrogen and oxygen atoms in total. The van der Waals surface area contributed by atoms with Gasteiger partial charge >= 0.3 is 0 Å². The molecule has 0 aromatic rings. The Bertz CT molecular complexity index is 258. The number of nitrogens with zero attached hydrogens (tertiary/aromatic N) is 4. The van der Waals surface area contributed by atoms with Crippen molar-refractivity contribution < 1.29 is 0 Å². The predicted octanol–water partition coefficient (Wildman–Crippen LogP) is 2.90. The van der Waals surface area contributed by atoms with E-state index in [1.807, 2.05) is 6.07 Å². The van der Waals surface area contributed by atoms with Crippen molar-refractivity contribution in [3.8, 4) is 6.07 Å². The summed E-state index contributed by atoms with van der Waals surface area (Å²) >= 11 is 0. The Kier molecular flexibility index (Phi) is 4.82. The van der Waals surface area contributed by atoms with Gasteiger partial charge < -0.3 is 0 Å². The maximum Gasteiger partial charge on any atom is 0.129 e. The zero-order valence-electron chi connectivity index (χ0n) is 9.26. The van der Waals surface area contributed by atoms with Crippen LogP contribution in [-0.2, 0) is 0 Å². The van der Waals surface area contributed by atoms with Gasteiger partial charge in [-0.05, 0) is 31.6 Å². The zero-order chi connectivity index (χ0) is 11.1. The lowest BCUT2D eigenvalue weighted by Gasteiger charge is -2.22. The van der Waals surface area contributed by atoms with Crippen LogP contribution in [0.25, 0.3) is 0 Å². The molecular formula is C11H18N4. The van der Waals surface area contributed by atoms with Crippen LogP contribution in [0.4, 0.5) is 0 Å². The molecule has 0 amide bonds. The smallest absolute Gasteiger partial charge is 0.129 e. The summed E-state index contributed by atoms with van der Waals surface area (Å²) in [6, 6.07) is 2.35. The van der Waals surface area contributed by atoms with E-state index < -0.39 is 0 Å². The first kappa shape index (κ1) is 11.7. The van der Waals surface area contributed by atoms with Crippen LogP contribution >= 0.6 is 0 Å². The van der Waals surface area contributed by atoms with Gasteiger partial charge in [-0.15, -0.1) is 0 Å². The molecule has 0 bridgehead atoms. The van der Waals surface area contributed by atoms with E-state index >= 15 is 0 Å². The summed E-state index contributed by atoms with van der Waals surface area (Å²) in [5, 5.41) is 18.2. The molecule has 4 heteroatoms. The lowest BCUT2D eigenvalue weighted by molar-refractivity contribution is 0.318. The molecule has 1 rings (SSSR count). The minimum absolute atomic E-state index is 0.218. The molecule has 0 N–H and O–H groups in total. The Balaban J connectivity index is 2.36. The molecule has 15 heavy (non-hydrogen) atoms. The van der Waals surface area contributed by atoms with Crippen LogP contribution < -0.4 is 0 Å². The molecule has 0 aliphatic heterocycles. The van der Waals surface area contributed by atoms with Crippen molar-refractivity contribution >= 4 is 0 Å². The summed E-state index contributed by atoms with van der Waals surface area (Å²) in [7, 11) is 0.